The molecule has 0 bridgehead atoms. The number of halogens is 1. The SMILES string of the molecule is CC[C@@H]1S/C(=C(/C#N)C(=O)NCc2ccccc2)N(c2ccc(Cl)cc2)C1=O. The van der Waals surface area contributed by atoms with Gasteiger partial charge in [-0.15, -0.1) is 0 Å². The van der Waals surface area contributed by atoms with Crippen molar-refractivity contribution in [2.24, 2.45) is 0 Å². The Morgan fingerprint density at radius 1 is 1.21 bits per heavy atom. The van der Waals surface area contributed by atoms with Gasteiger partial charge in [0.25, 0.3) is 5.91 Å². The summed E-state index contributed by atoms with van der Waals surface area (Å²) >= 11 is 7.20. The lowest BCUT2D eigenvalue weighted by Crippen LogP contribution is -2.31. The molecule has 0 spiro atoms. The average molecular weight is 412 g/mol. The first-order valence-electron chi connectivity index (χ1n) is 8.77. The Labute approximate surface area is 173 Å². The number of hydrogen-bond donors (Lipinski definition) is 1. The maximum atomic E-state index is 12.9. The molecular weight excluding hydrogens is 394 g/mol. The summed E-state index contributed by atoms with van der Waals surface area (Å²) in [5.41, 5.74) is 1.44. The molecule has 0 radical (unpaired) electrons. The molecule has 1 N–H and O–H groups in total. The normalized spacial score (nSPS) is 18.0. The van der Waals surface area contributed by atoms with E-state index in [1.165, 1.54) is 16.7 Å². The summed E-state index contributed by atoms with van der Waals surface area (Å²) in [5, 5.41) is 13.0. The van der Waals surface area contributed by atoms with Gasteiger partial charge in [-0.05, 0) is 36.2 Å². The molecule has 0 aromatic heterocycles. The van der Waals surface area contributed by atoms with Crippen molar-refractivity contribution in [3.63, 3.8) is 0 Å². The lowest BCUT2D eigenvalue weighted by molar-refractivity contribution is -0.117. The molecule has 2 aromatic carbocycles. The smallest absolute Gasteiger partial charge is 0.264 e. The van der Waals surface area contributed by atoms with Crippen LogP contribution >= 0.6 is 23.4 Å². The highest BCUT2D eigenvalue weighted by molar-refractivity contribution is 8.05. The molecule has 1 heterocycles. The Bertz CT molecular complexity index is 952. The Morgan fingerprint density at radius 3 is 2.50 bits per heavy atom. The van der Waals surface area contributed by atoms with Crippen molar-refractivity contribution in [1.29, 1.82) is 5.26 Å². The lowest BCUT2D eigenvalue weighted by Gasteiger charge is -2.18. The largest absolute Gasteiger partial charge is 0.347 e. The molecule has 2 aromatic rings. The van der Waals surface area contributed by atoms with Gasteiger partial charge in [-0.1, -0.05) is 60.6 Å². The van der Waals surface area contributed by atoms with Gasteiger partial charge in [0.1, 0.15) is 16.7 Å². The van der Waals surface area contributed by atoms with Crippen LogP contribution in [0.2, 0.25) is 5.02 Å². The predicted molar refractivity (Wildman–Crippen MR) is 112 cm³/mol. The van der Waals surface area contributed by atoms with Crippen LogP contribution in [-0.4, -0.2) is 17.1 Å². The minimum Gasteiger partial charge on any atom is -0.347 e. The minimum absolute atomic E-state index is 0.0693. The number of carbonyl (C=O) groups excluding carboxylic acids is 2. The lowest BCUT2D eigenvalue weighted by atomic mass is 10.2. The van der Waals surface area contributed by atoms with Gasteiger partial charge in [0.05, 0.1) is 5.25 Å². The van der Waals surface area contributed by atoms with Crippen molar-refractivity contribution < 1.29 is 9.59 Å². The molecule has 142 valence electrons. The van der Waals surface area contributed by atoms with Crippen molar-refractivity contribution in [3.8, 4) is 6.07 Å². The molecule has 1 atom stereocenters. The third-order valence-electron chi connectivity index (χ3n) is 4.26. The van der Waals surface area contributed by atoms with Crippen molar-refractivity contribution >= 4 is 40.9 Å². The fourth-order valence-corrected chi connectivity index (χ4v) is 4.13. The third-order valence-corrected chi connectivity index (χ3v) is 5.94. The fourth-order valence-electron chi connectivity index (χ4n) is 2.81. The molecule has 1 saturated heterocycles. The van der Waals surface area contributed by atoms with Crippen LogP contribution < -0.4 is 10.2 Å². The second-order valence-electron chi connectivity index (χ2n) is 6.13. The molecule has 2 amide bonds. The zero-order chi connectivity index (χ0) is 20.1. The topological polar surface area (TPSA) is 73.2 Å². The number of rotatable bonds is 5. The van der Waals surface area contributed by atoms with E-state index >= 15 is 0 Å². The van der Waals surface area contributed by atoms with Crippen LogP contribution in [-0.2, 0) is 16.1 Å². The van der Waals surface area contributed by atoms with Crippen molar-refractivity contribution in [1.82, 2.24) is 5.32 Å². The Kier molecular flexibility index (Phi) is 6.40. The first kappa shape index (κ1) is 20.0. The Morgan fingerprint density at radius 2 is 1.89 bits per heavy atom. The van der Waals surface area contributed by atoms with Gasteiger partial charge in [-0.3, -0.25) is 14.5 Å². The van der Waals surface area contributed by atoms with E-state index < -0.39 is 5.91 Å². The van der Waals surface area contributed by atoms with Crippen LogP contribution in [0.5, 0.6) is 0 Å². The van der Waals surface area contributed by atoms with Crippen LogP contribution in [0.3, 0.4) is 0 Å². The summed E-state index contributed by atoms with van der Waals surface area (Å²) in [6.07, 6.45) is 0.599. The number of benzene rings is 2. The summed E-state index contributed by atoms with van der Waals surface area (Å²) in [7, 11) is 0. The first-order valence-corrected chi connectivity index (χ1v) is 10.0. The van der Waals surface area contributed by atoms with Crippen molar-refractivity contribution in [2.45, 2.75) is 25.1 Å². The van der Waals surface area contributed by atoms with Gasteiger partial charge in [-0.25, -0.2) is 0 Å². The first-order chi connectivity index (χ1) is 13.5. The number of anilines is 1. The summed E-state index contributed by atoms with van der Waals surface area (Å²) in [6, 6.07) is 18.2. The number of nitrogens with zero attached hydrogens (tertiary/aromatic N) is 2. The van der Waals surface area contributed by atoms with Gasteiger partial charge in [0, 0.05) is 17.3 Å². The van der Waals surface area contributed by atoms with Crippen molar-refractivity contribution in [3.05, 3.63) is 75.8 Å². The molecule has 0 saturated carbocycles. The Balaban J connectivity index is 1.93. The summed E-state index contributed by atoms with van der Waals surface area (Å²) in [5.74, 6) is -0.647. The Hall–Kier alpha value is -2.75. The van der Waals surface area contributed by atoms with E-state index in [4.69, 9.17) is 11.6 Å². The zero-order valence-corrected chi connectivity index (χ0v) is 16.8. The predicted octanol–water partition coefficient (Wildman–Crippen LogP) is 4.25. The second-order valence-corrected chi connectivity index (χ2v) is 7.75. The van der Waals surface area contributed by atoms with Gasteiger partial charge < -0.3 is 5.32 Å². The van der Waals surface area contributed by atoms with E-state index in [-0.39, 0.29) is 16.7 Å². The van der Waals surface area contributed by atoms with Crippen LogP contribution in [0.4, 0.5) is 5.69 Å². The molecule has 0 aliphatic carbocycles. The van der Waals surface area contributed by atoms with E-state index in [9.17, 15) is 14.9 Å². The molecule has 3 rings (SSSR count). The molecule has 28 heavy (non-hydrogen) atoms. The quantitative estimate of drug-likeness (QED) is 0.589. The highest BCUT2D eigenvalue weighted by Crippen LogP contribution is 2.41. The van der Waals surface area contributed by atoms with Crippen LogP contribution in [0.15, 0.2) is 65.2 Å². The molecule has 5 nitrogen and oxygen atoms in total. The molecule has 7 heteroatoms. The van der Waals surface area contributed by atoms with Gasteiger partial charge >= 0.3 is 0 Å². The van der Waals surface area contributed by atoms with Gasteiger partial charge in [0.15, 0.2) is 0 Å². The maximum Gasteiger partial charge on any atom is 0.264 e. The van der Waals surface area contributed by atoms with Crippen LogP contribution in [0.1, 0.15) is 18.9 Å². The number of nitriles is 1. The van der Waals surface area contributed by atoms with Gasteiger partial charge in [-0.2, -0.15) is 5.26 Å². The molecule has 1 aliphatic rings. The molecule has 0 unspecified atom stereocenters. The number of hydrogen-bond acceptors (Lipinski definition) is 4. The monoisotopic (exact) mass is 411 g/mol. The minimum atomic E-state index is -0.502. The maximum absolute atomic E-state index is 12.9. The van der Waals surface area contributed by atoms with E-state index in [2.05, 4.69) is 5.32 Å². The summed E-state index contributed by atoms with van der Waals surface area (Å²) in [4.78, 5) is 27.0. The molecular formula is C21H18ClN3O2S. The average Bonchev–Trinajstić information content (AvgIpc) is 3.04. The standard InChI is InChI=1S/C21H18ClN3O2S/c1-2-18-20(27)25(16-10-8-15(22)9-11-16)21(28-18)17(12-23)19(26)24-13-14-6-4-3-5-7-14/h3-11,18H,2,13H2,1H3,(H,24,26)/b21-17-/t18-/m0/s1. The third kappa shape index (κ3) is 4.22. The van der Waals surface area contributed by atoms with Crippen LogP contribution in [0.25, 0.3) is 0 Å². The fraction of sp³-hybridized carbons (Fsp3) is 0.190. The number of carbonyl (C=O) groups is 2. The number of thioether (sulfide) groups is 1. The second kappa shape index (κ2) is 8.96. The van der Waals surface area contributed by atoms with E-state index in [1.54, 1.807) is 24.3 Å². The van der Waals surface area contributed by atoms with E-state index in [0.29, 0.717) is 28.7 Å². The number of nitrogens with one attached hydrogen (secondary N) is 1. The van der Waals surface area contributed by atoms with E-state index in [1.807, 2.05) is 43.3 Å². The zero-order valence-electron chi connectivity index (χ0n) is 15.2. The molecule has 1 fully saturated rings. The van der Waals surface area contributed by atoms with E-state index in [0.717, 1.165) is 5.56 Å². The summed E-state index contributed by atoms with van der Waals surface area (Å²) < 4.78 is 0. The van der Waals surface area contributed by atoms with Crippen LogP contribution in [0, 0.1) is 11.3 Å². The van der Waals surface area contributed by atoms with Crippen molar-refractivity contribution in [2.75, 3.05) is 4.90 Å². The van der Waals surface area contributed by atoms with Gasteiger partial charge in [0.2, 0.25) is 5.91 Å². The highest BCUT2D eigenvalue weighted by Gasteiger charge is 2.39. The number of amides is 2. The summed E-state index contributed by atoms with van der Waals surface area (Å²) in [6.45, 7) is 2.20. The highest BCUT2D eigenvalue weighted by atomic mass is 35.5. The molecule has 1 aliphatic heterocycles.